The van der Waals surface area contributed by atoms with Crippen LogP contribution in [0.25, 0.3) is 0 Å². The highest BCUT2D eigenvalue weighted by Gasteiger charge is 2.27. The molecule has 162 valence electrons. The second-order valence-electron chi connectivity index (χ2n) is 7.83. The van der Waals surface area contributed by atoms with Gasteiger partial charge in [0.1, 0.15) is 0 Å². The Morgan fingerprint density at radius 1 is 0.875 bits per heavy atom. The summed E-state index contributed by atoms with van der Waals surface area (Å²) < 4.78 is 0. The maximum Gasteiger partial charge on any atom is 0.249 e. The van der Waals surface area contributed by atoms with E-state index in [9.17, 15) is 14.4 Å². The van der Waals surface area contributed by atoms with E-state index in [4.69, 9.17) is 5.73 Å². The summed E-state index contributed by atoms with van der Waals surface area (Å²) in [5.74, 6) is -1.43. The molecular weight excluding hydrogens is 402 g/mol. The SMILES string of the molecule is NC(=O)c1ccccc1[C@H](C(=O)Nc1ccc(N2CCCCC2=O)cc1)c1ccccc1. The van der Waals surface area contributed by atoms with E-state index in [-0.39, 0.29) is 11.8 Å². The van der Waals surface area contributed by atoms with E-state index in [1.54, 1.807) is 41.3 Å². The van der Waals surface area contributed by atoms with Gasteiger partial charge in [-0.2, -0.15) is 0 Å². The van der Waals surface area contributed by atoms with Crippen LogP contribution in [0.15, 0.2) is 78.9 Å². The highest BCUT2D eigenvalue weighted by molar-refractivity contribution is 6.02. The number of carbonyl (C=O) groups excluding carboxylic acids is 3. The Bertz CT molecular complexity index is 1130. The Morgan fingerprint density at radius 2 is 1.56 bits per heavy atom. The molecule has 1 fully saturated rings. The minimum absolute atomic E-state index is 0.125. The van der Waals surface area contributed by atoms with Gasteiger partial charge in [-0.3, -0.25) is 14.4 Å². The molecule has 3 amide bonds. The van der Waals surface area contributed by atoms with Crippen molar-refractivity contribution in [3.63, 3.8) is 0 Å². The lowest BCUT2D eigenvalue weighted by atomic mass is 9.87. The third kappa shape index (κ3) is 4.54. The number of piperidine rings is 1. The number of hydrogen-bond acceptors (Lipinski definition) is 3. The topological polar surface area (TPSA) is 92.5 Å². The Labute approximate surface area is 187 Å². The number of rotatable bonds is 6. The first kappa shape index (κ1) is 21.3. The van der Waals surface area contributed by atoms with E-state index >= 15 is 0 Å². The van der Waals surface area contributed by atoms with Gasteiger partial charge in [-0.25, -0.2) is 0 Å². The molecule has 3 aromatic carbocycles. The number of anilines is 2. The monoisotopic (exact) mass is 427 g/mol. The summed E-state index contributed by atoms with van der Waals surface area (Å²) in [5.41, 5.74) is 8.64. The third-order valence-corrected chi connectivity index (χ3v) is 5.70. The molecule has 0 saturated carbocycles. The van der Waals surface area contributed by atoms with Crippen molar-refractivity contribution in [1.82, 2.24) is 0 Å². The van der Waals surface area contributed by atoms with Gasteiger partial charge < -0.3 is 16.0 Å². The maximum absolute atomic E-state index is 13.4. The Morgan fingerprint density at radius 3 is 2.25 bits per heavy atom. The van der Waals surface area contributed by atoms with Crippen LogP contribution < -0.4 is 16.0 Å². The van der Waals surface area contributed by atoms with E-state index in [1.165, 1.54) is 0 Å². The molecular formula is C26H25N3O3. The quantitative estimate of drug-likeness (QED) is 0.621. The molecule has 0 radical (unpaired) electrons. The lowest BCUT2D eigenvalue weighted by Crippen LogP contribution is -2.35. The molecule has 6 nitrogen and oxygen atoms in total. The van der Waals surface area contributed by atoms with Crippen LogP contribution in [-0.4, -0.2) is 24.3 Å². The molecule has 6 heteroatoms. The van der Waals surface area contributed by atoms with Crippen molar-refractivity contribution < 1.29 is 14.4 Å². The van der Waals surface area contributed by atoms with Crippen molar-refractivity contribution in [1.29, 1.82) is 0 Å². The van der Waals surface area contributed by atoms with Crippen LogP contribution in [0.4, 0.5) is 11.4 Å². The summed E-state index contributed by atoms with van der Waals surface area (Å²) in [6.45, 7) is 0.713. The number of benzene rings is 3. The van der Waals surface area contributed by atoms with Crippen LogP contribution in [0.3, 0.4) is 0 Å². The minimum atomic E-state index is -0.705. The van der Waals surface area contributed by atoms with Crippen molar-refractivity contribution >= 4 is 29.1 Å². The van der Waals surface area contributed by atoms with E-state index in [0.717, 1.165) is 24.1 Å². The summed E-state index contributed by atoms with van der Waals surface area (Å²) in [6.07, 6.45) is 2.48. The summed E-state index contributed by atoms with van der Waals surface area (Å²) in [4.78, 5) is 39.4. The van der Waals surface area contributed by atoms with Gasteiger partial charge in [-0.15, -0.1) is 0 Å². The number of amides is 3. The number of nitrogens with one attached hydrogen (secondary N) is 1. The second kappa shape index (κ2) is 9.47. The molecule has 0 unspecified atom stereocenters. The Kier molecular flexibility index (Phi) is 6.31. The molecule has 1 aliphatic rings. The first-order valence-corrected chi connectivity index (χ1v) is 10.7. The number of nitrogens with two attached hydrogens (primary N) is 1. The van der Waals surface area contributed by atoms with E-state index in [0.29, 0.717) is 29.8 Å². The van der Waals surface area contributed by atoms with E-state index in [2.05, 4.69) is 5.32 Å². The standard InChI is InChI=1S/C26H25N3O3/c27-25(31)22-11-5-4-10-21(22)24(18-8-2-1-3-9-18)26(32)28-19-13-15-20(16-14-19)29-17-7-6-12-23(29)30/h1-5,8-11,13-16,24H,6-7,12,17H2,(H2,27,31)(H,28,32)/t24-/m1/s1. The molecule has 0 spiro atoms. The average molecular weight is 428 g/mol. The van der Waals surface area contributed by atoms with E-state index < -0.39 is 11.8 Å². The molecule has 3 aromatic rings. The van der Waals surface area contributed by atoms with Crippen molar-refractivity contribution in [3.8, 4) is 0 Å². The van der Waals surface area contributed by atoms with Gasteiger partial charge in [-0.1, -0.05) is 48.5 Å². The number of primary amides is 1. The third-order valence-electron chi connectivity index (χ3n) is 5.70. The lowest BCUT2D eigenvalue weighted by molar-refractivity contribution is -0.119. The summed E-state index contributed by atoms with van der Waals surface area (Å²) in [6, 6.07) is 23.4. The molecule has 4 rings (SSSR count). The first-order chi connectivity index (χ1) is 15.5. The molecule has 1 atom stereocenters. The van der Waals surface area contributed by atoms with Crippen LogP contribution in [-0.2, 0) is 9.59 Å². The Balaban J connectivity index is 1.61. The molecule has 0 bridgehead atoms. The van der Waals surface area contributed by atoms with Crippen molar-refractivity contribution in [2.24, 2.45) is 5.73 Å². The van der Waals surface area contributed by atoms with Gasteiger partial charge in [0, 0.05) is 29.9 Å². The van der Waals surface area contributed by atoms with Crippen LogP contribution in [0.1, 0.15) is 46.7 Å². The van der Waals surface area contributed by atoms with Gasteiger partial charge in [0.15, 0.2) is 0 Å². The number of hydrogen-bond donors (Lipinski definition) is 2. The molecule has 1 saturated heterocycles. The van der Waals surface area contributed by atoms with Crippen LogP contribution in [0.5, 0.6) is 0 Å². The second-order valence-corrected chi connectivity index (χ2v) is 7.83. The smallest absolute Gasteiger partial charge is 0.249 e. The zero-order chi connectivity index (χ0) is 22.5. The predicted molar refractivity (Wildman–Crippen MR) is 125 cm³/mol. The highest BCUT2D eigenvalue weighted by Crippen LogP contribution is 2.30. The molecule has 1 aliphatic heterocycles. The van der Waals surface area contributed by atoms with Crippen LogP contribution in [0.2, 0.25) is 0 Å². The minimum Gasteiger partial charge on any atom is -0.366 e. The van der Waals surface area contributed by atoms with Crippen molar-refractivity contribution in [2.45, 2.75) is 25.2 Å². The normalized spacial score (nSPS) is 14.6. The van der Waals surface area contributed by atoms with Gasteiger partial charge in [-0.05, 0) is 54.3 Å². The summed E-state index contributed by atoms with van der Waals surface area (Å²) in [5, 5.41) is 2.95. The van der Waals surface area contributed by atoms with Gasteiger partial charge >= 0.3 is 0 Å². The van der Waals surface area contributed by atoms with Crippen molar-refractivity contribution in [2.75, 3.05) is 16.8 Å². The summed E-state index contributed by atoms with van der Waals surface area (Å²) in [7, 11) is 0. The fraction of sp³-hybridized carbons (Fsp3) is 0.192. The number of carbonyl (C=O) groups is 3. The first-order valence-electron chi connectivity index (χ1n) is 10.7. The zero-order valence-electron chi connectivity index (χ0n) is 17.7. The largest absolute Gasteiger partial charge is 0.366 e. The molecule has 1 heterocycles. The molecule has 3 N–H and O–H groups in total. The van der Waals surface area contributed by atoms with Crippen LogP contribution in [0, 0.1) is 0 Å². The Hall–Kier alpha value is -3.93. The maximum atomic E-state index is 13.4. The van der Waals surface area contributed by atoms with Gasteiger partial charge in [0.25, 0.3) is 0 Å². The van der Waals surface area contributed by atoms with Crippen LogP contribution >= 0.6 is 0 Å². The predicted octanol–water partition coefficient (Wildman–Crippen LogP) is 4.07. The fourth-order valence-electron chi connectivity index (χ4n) is 4.11. The average Bonchev–Trinajstić information content (AvgIpc) is 2.81. The lowest BCUT2D eigenvalue weighted by Gasteiger charge is -2.27. The van der Waals surface area contributed by atoms with E-state index in [1.807, 2.05) is 42.5 Å². The van der Waals surface area contributed by atoms with Crippen molar-refractivity contribution in [3.05, 3.63) is 95.6 Å². The number of nitrogens with zero attached hydrogens (tertiary/aromatic N) is 1. The highest BCUT2D eigenvalue weighted by atomic mass is 16.2. The molecule has 0 aromatic heterocycles. The molecule has 0 aliphatic carbocycles. The van der Waals surface area contributed by atoms with Gasteiger partial charge in [0.05, 0.1) is 5.92 Å². The zero-order valence-corrected chi connectivity index (χ0v) is 17.7. The van der Waals surface area contributed by atoms with Gasteiger partial charge in [0.2, 0.25) is 17.7 Å². The fourth-order valence-corrected chi connectivity index (χ4v) is 4.11. The molecule has 32 heavy (non-hydrogen) atoms. The summed E-state index contributed by atoms with van der Waals surface area (Å²) >= 11 is 0.